The number of carboxylic acid groups (broad SMARTS) is 1. The van der Waals surface area contributed by atoms with E-state index in [0.29, 0.717) is 12.3 Å². The maximum atomic E-state index is 11.2. The predicted molar refractivity (Wildman–Crippen MR) is 56.3 cm³/mol. The predicted octanol–water partition coefficient (Wildman–Crippen LogP) is 1.97. The standard InChI is InChI=1S/C11H21NO2/c1-4-11(3,10(13)14)12-7-5-6-9(2)8-12/h9H,4-8H2,1-3H3,(H,13,14)/t9-,11+/m0/s1. The Labute approximate surface area is 86.1 Å². The van der Waals surface area contributed by atoms with Crippen LogP contribution in [0.25, 0.3) is 0 Å². The molecule has 1 rings (SSSR count). The van der Waals surface area contributed by atoms with Crippen molar-refractivity contribution < 1.29 is 9.90 Å². The van der Waals surface area contributed by atoms with Crippen LogP contribution in [0.4, 0.5) is 0 Å². The molecule has 1 aliphatic rings. The van der Waals surface area contributed by atoms with Gasteiger partial charge in [0.2, 0.25) is 0 Å². The maximum absolute atomic E-state index is 11.2. The van der Waals surface area contributed by atoms with Crippen LogP contribution in [-0.4, -0.2) is 34.6 Å². The van der Waals surface area contributed by atoms with Gasteiger partial charge in [0.25, 0.3) is 0 Å². The van der Waals surface area contributed by atoms with Gasteiger partial charge in [-0.2, -0.15) is 0 Å². The summed E-state index contributed by atoms with van der Waals surface area (Å²) in [5.41, 5.74) is -0.658. The number of nitrogens with zero attached hydrogens (tertiary/aromatic N) is 1. The van der Waals surface area contributed by atoms with Crippen molar-refractivity contribution in [1.82, 2.24) is 4.90 Å². The van der Waals surface area contributed by atoms with Crippen molar-refractivity contribution in [2.45, 2.75) is 45.6 Å². The highest BCUT2D eigenvalue weighted by Crippen LogP contribution is 2.26. The summed E-state index contributed by atoms with van der Waals surface area (Å²) in [6.07, 6.45) is 3.04. The average Bonchev–Trinajstić information content (AvgIpc) is 2.16. The molecule has 1 saturated heterocycles. The molecular weight excluding hydrogens is 178 g/mol. The first kappa shape index (κ1) is 11.5. The molecular formula is C11H21NO2. The van der Waals surface area contributed by atoms with Crippen LogP contribution < -0.4 is 0 Å². The van der Waals surface area contributed by atoms with Crippen molar-refractivity contribution >= 4 is 5.97 Å². The summed E-state index contributed by atoms with van der Waals surface area (Å²) in [7, 11) is 0. The van der Waals surface area contributed by atoms with Crippen LogP contribution in [0.1, 0.15) is 40.0 Å². The number of rotatable bonds is 3. The fourth-order valence-electron chi connectivity index (χ4n) is 2.15. The first-order chi connectivity index (χ1) is 6.50. The van der Waals surface area contributed by atoms with Crippen LogP contribution >= 0.6 is 0 Å². The Morgan fingerprint density at radius 1 is 1.64 bits per heavy atom. The van der Waals surface area contributed by atoms with Gasteiger partial charge in [-0.25, -0.2) is 0 Å². The second kappa shape index (κ2) is 4.30. The van der Waals surface area contributed by atoms with Crippen molar-refractivity contribution in [3.8, 4) is 0 Å². The summed E-state index contributed by atoms with van der Waals surface area (Å²) in [5, 5.41) is 9.23. The highest BCUT2D eigenvalue weighted by Gasteiger charge is 2.39. The molecule has 0 aliphatic carbocycles. The summed E-state index contributed by atoms with van der Waals surface area (Å²) in [6.45, 7) is 7.85. The van der Waals surface area contributed by atoms with E-state index in [9.17, 15) is 9.90 Å². The van der Waals surface area contributed by atoms with Gasteiger partial charge in [0, 0.05) is 6.54 Å². The smallest absolute Gasteiger partial charge is 0.323 e. The van der Waals surface area contributed by atoms with E-state index in [1.807, 2.05) is 13.8 Å². The molecule has 0 aromatic heterocycles. The first-order valence-electron chi connectivity index (χ1n) is 5.49. The molecule has 0 unspecified atom stereocenters. The zero-order chi connectivity index (χ0) is 10.8. The van der Waals surface area contributed by atoms with Crippen molar-refractivity contribution in [2.75, 3.05) is 13.1 Å². The number of hydrogen-bond donors (Lipinski definition) is 1. The number of piperidine rings is 1. The summed E-state index contributed by atoms with van der Waals surface area (Å²) in [6, 6.07) is 0. The Morgan fingerprint density at radius 3 is 2.71 bits per heavy atom. The van der Waals surface area contributed by atoms with Crippen LogP contribution in [-0.2, 0) is 4.79 Å². The molecule has 82 valence electrons. The van der Waals surface area contributed by atoms with Crippen molar-refractivity contribution in [3.05, 3.63) is 0 Å². The van der Waals surface area contributed by atoms with E-state index >= 15 is 0 Å². The molecule has 0 aromatic rings. The van der Waals surface area contributed by atoms with Crippen LogP contribution in [0.5, 0.6) is 0 Å². The third-order valence-electron chi connectivity index (χ3n) is 3.50. The Morgan fingerprint density at radius 2 is 2.29 bits per heavy atom. The summed E-state index contributed by atoms with van der Waals surface area (Å²) >= 11 is 0. The molecule has 0 radical (unpaired) electrons. The molecule has 0 saturated carbocycles. The van der Waals surface area contributed by atoms with E-state index in [1.54, 1.807) is 0 Å². The van der Waals surface area contributed by atoms with Crippen molar-refractivity contribution in [2.24, 2.45) is 5.92 Å². The lowest BCUT2D eigenvalue weighted by atomic mass is 9.90. The van der Waals surface area contributed by atoms with Gasteiger partial charge in [-0.15, -0.1) is 0 Å². The Balaban J connectivity index is 2.73. The second-order valence-corrected chi connectivity index (χ2v) is 4.63. The van der Waals surface area contributed by atoms with Crippen molar-refractivity contribution in [3.63, 3.8) is 0 Å². The Bertz CT molecular complexity index is 217. The topological polar surface area (TPSA) is 40.5 Å². The van der Waals surface area contributed by atoms with Gasteiger partial charge in [0.1, 0.15) is 5.54 Å². The molecule has 0 amide bonds. The zero-order valence-electron chi connectivity index (χ0n) is 9.42. The van der Waals surface area contributed by atoms with Crippen LogP contribution in [0, 0.1) is 5.92 Å². The van der Waals surface area contributed by atoms with E-state index in [-0.39, 0.29) is 0 Å². The van der Waals surface area contributed by atoms with Gasteiger partial charge < -0.3 is 5.11 Å². The fourth-order valence-corrected chi connectivity index (χ4v) is 2.15. The normalized spacial score (nSPS) is 28.4. The largest absolute Gasteiger partial charge is 0.480 e. The molecule has 0 bridgehead atoms. The zero-order valence-corrected chi connectivity index (χ0v) is 9.42. The fraction of sp³-hybridized carbons (Fsp3) is 0.909. The lowest BCUT2D eigenvalue weighted by Gasteiger charge is -2.41. The van der Waals surface area contributed by atoms with Crippen LogP contribution in [0.15, 0.2) is 0 Å². The average molecular weight is 199 g/mol. The SMILES string of the molecule is CC[C@](C)(C(=O)O)N1CCC[C@H](C)C1. The number of likely N-dealkylation sites (tertiary alicyclic amines) is 1. The third kappa shape index (κ3) is 2.08. The molecule has 1 fully saturated rings. The summed E-state index contributed by atoms with van der Waals surface area (Å²) < 4.78 is 0. The minimum absolute atomic E-state index is 0.633. The molecule has 14 heavy (non-hydrogen) atoms. The second-order valence-electron chi connectivity index (χ2n) is 4.63. The molecule has 3 heteroatoms. The monoisotopic (exact) mass is 199 g/mol. The summed E-state index contributed by atoms with van der Waals surface area (Å²) in [4.78, 5) is 13.3. The third-order valence-corrected chi connectivity index (χ3v) is 3.50. The van der Waals surface area contributed by atoms with E-state index in [1.165, 1.54) is 6.42 Å². The van der Waals surface area contributed by atoms with Crippen molar-refractivity contribution in [1.29, 1.82) is 0 Å². The van der Waals surface area contributed by atoms with Gasteiger partial charge in [-0.1, -0.05) is 13.8 Å². The number of carboxylic acids is 1. The molecule has 1 N–H and O–H groups in total. The number of aliphatic carboxylic acids is 1. The highest BCUT2D eigenvalue weighted by atomic mass is 16.4. The van der Waals surface area contributed by atoms with E-state index in [0.717, 1.165) is 19.5 Å². The Kier molecular flexibility index (Phi) is 3.53. The quantitative estimate of drug-likeness (QED) is 0.755. The van der Waals surface area contributed by atoms with Gasteiger partial charge in [-0.05, 0) is 38.6 Å². The summed E-state index contributed by atoms with van der Waals surface area (Å²) in [5.74, 6) is -0.0527. The van der Waals surface area contributed by atoms with Crippen LogP contribution in [0.2, 0.25) is 0 Å². The molecule has 3 nitrogen and oxygen atoms in total. The highest BCUT2D eigenvalue weighted by molar-refractivity contribution is 5.78. The lowest BCUT2D eigenvalue weighted by molar-refractivity contribution is -0.152. The van der Waals surface area contributed by atoms with E-state index in [2.05, 4.69) is 11.8 Å². The number of carbonyl (C=O) groups is 1. The molecule has 2 atom stereocenters. The lowest BCUT2D eigenvalue weighted by Crippen LogP contribution is -2.55. The van der Waals surface area contributed by atoms with Gasteiger partial charge in [0.05, 0.1) is 0 Å². The minimum Gasteiger partial charge on any atom is -0.480 e. The van der Waals surface area contributed by atoms with E-state index in [4.69, 9.17) is 0 Å². The van der Waals surface area contributed by atoms with Gasteiger partial charge in [0.15, 0.2) is 0 Å². The molecule has 1 aliphatic heterocycles. The first-order valence-corrected chi connectivity index (χ1v) is 5.49. The maximum Gasteiger partial charge on any atom is 0.323 e. The van der Waals surface area contributed by atoms with Gasteiger partial charge in [-0.3, -0.25) is 9.69 Å². The van der Waals surface area contributed by atoms with Gasteiger partial charge >= 0.3 is 5.97 Å². The molecule has 0 aromatic carbocycles. The van der Waals surface area contributed by atoms with E-state index < -0.39 is 11.5 Å². The minimum atomic E-state index is -0.686. The molecule has 1 heterocycles. The number of hydrogen-bond acceptors (Lipinski definition) is 2. The van der Waals surface area contributed by atoms with Crippen LogP contribution in [0.3, 0.4) is 0 Å². The Hall–Kier alpha value is -0.570. The molecule has 0 spiro atoms.